The van der Waals surface area contributed by atoms with Gasteiger partial charge in [0, 0.05) is 12.1 Å². The van der Waals surface area contributed by atoms with Gasteiger partial charge in [0.2, 0.25) is 0 Å². The molecule has 0 bridgehead atoms. The van der Waals surface area contributed by atoms with Crippen molar-refractivity contribution >= 4 is 23.1 Å². The Morgan fingerprint density at radius 3 is 2.29 bits per heavy atom. The third-order valence-electron chi connectivity index (χ3n) is 1.73. The zero-order valence-electron chi connectivity index (χ0n) is 7.72. The van der Waals surface area contributed by atoms with Gasteiger partial charge in [-0.25, -0.2) is 4.39 Å². The van der Waals surface area contributed by atoms with Crippen molar-refractivity contribution in [2.24, 2.45) is 0 Å². The molecule has 1 rings (SSSR count). The Labute approximate surface area is 95.9 Å². The molecular weight excluding hydrogens is 270 g/mol. The lowest BCUT2D eigenvalue weighted by molar-refractivity contribution is -0.384. The Kier molecular flexibility index (Phi) is 3.37. The number of rotatable bonds is 2. The minimum atomic E-state index is -5.33. The smallest absolute Gasteiger partial charge is 0.284 e. The highest BCUT2D eigenvalue weighted by molar-refractivity contribution is 6.31. The molecule has 0 atom stereocenters. The van der Waals surface area contributed by atoms with Crippen LogP contribution in [-0.2, 0) is 0 Å². The van der Waals surface area contributed by atoms with Crippen molar-refractivity contribution < 1.29 is 27.3 Å². The van der Waals surface area contributed by atoms with Crippen molar-refractivity contribution in [1.82, 2.24) is 0 Å². The first-order chi connectivity index (χ1) is 7.64. The van der Waals surface area contributed by atoms with Gasteiger partial charge in [0.25, 0.3) is 11.5 Å². The lowest BCUT2D eigenvalue weighted by Gasteiger charge is -2.06. The van der Waals surface area contributed by atoms with E-state index < -0.39 is 39.0 Å². The molecule has 0 aliphatic rings. The van der Waals surface area contributed by atoms with Gasteiger partial charge >= 0.3 is 6.18 Å². The molecule has 0 amide bonds. The van der Waals surface area contributed by atoms with Crippen LogP contribution in [0, 0.1) is 15.9 Å². The van der Waals surface area contributed by atoms with Gasteiger partial charge in [-0.05, 0) is 0 Å². The molecule has 4 nitrogen and oxygen atoms in total. The summed E-state index contributed by atoms with van der Waals surface area (Å²) in [5, 5.41) is 9.40. The monoisotopic (exact) mass is 271 g/mol. The summed E-state index contributed by atoms with van der Waals surface area (Å²) in [6.07, 6.45) is -5.33. The van der Waals surface area contributed by atoms with Crippen LogP contribution < -0.4 is 0 Å². The van der Waals surface area contributed by atoms with Crippen molar-refractivity contribution in [3.8, 4) is 0 Å². The first-order valence-corrected chi connectivity index (χ1v) is 4.27. The summed E-state index contributed by atoms with van der Waals surface area (Å²) < 4.78 is 49.3. The number of hydrogen-bond acceptors (Lipinski definition) is 3. The summed E-state index contributed by atoms with van der Waals surface area (Å²) >= 11 is 5.16. The number of benzene rings is 1. The predicted molar refractivity (Wildman–Crippen MR) is 48.4 cm³/mol. The maximum absolute atomic E-state index is 13.2. The van der Waals surface area contributed by atoms with Crippen LogP contribution >= 0.6 is 11.6 Å². The van der Waals surface area contributed by atoms with Crippen LogP contribution in [0.15, 0.2) is 12.1 Å². The first kappa shape index (κ1) is 13.4. The molecule has 0 unspecified atom stereocenters. The zero-order chi connectivity index (χ0) is 13.4. The molecule has 0 spiro atoms. The number of non-ortho nitro benzene ring substituents is 1. The number of carbonyl (C=O) groups excluding carboxylic acids is 1. The van der Waals surface area contributed by atoms with Crippen LogP contribution in [0.3, 0.4) is 0 Å². The van der Waals surface area contributed by atoms with E-state index in [9.17, 15) is 32.5 Å². The van der Waals surface area contributed by atoms with Gasteiger partial charge in [-0.1, -0.05) is 11.6 Å². The number of hydrogen-bond donors (Lipinski definition) is 0. The van der Waals surface area contributed by atoms with Crippen molar-refractivity contribution in [3.05, 3.63) is 38.7 Å². The van der Waals surface area contributed by atoms with Gasteiger partial charge in [-0.3, -0.25) is 14.9 Å². The van der Waals surface area contributed by atoms with Crippen molar-refractivity contribution in [2.45, 2.75) is 6.18 Å². The highest BCUT2D eigenvalue weighted by Crippen LogP contribution is 2.30. The van der Waals surface area contributed by atoms with Crippen LogP contribution in [0.25, 0.3) is 0 Å². The molecule has 0 saturated carbocycles. The van der Waals surface area contributed by atoms with Crippen LogP contribution in [0.5, 0.6) is 0 Å². The molecule has 1 aromatic carbocycles. The maximum atomic E-state index is 13.2. The van der Waals surface area contributed by atoms with Crippen LogP contribution in [0.1, 0.15) is 10.4 Å². The molecular formula is C8H2ClF4NO3. The third-order valence-corrected chi connectivity index (χ3v) is 2.00. The summed E-state index contributed by atoms with van der Waals surface area (Å²) in [4.78, 5) is 20.0. The molecule has 0 N–H and O–H groups in total. The second-order valence-electron chi connectivity index (χ2n) is 2.87. The summed E-state index contributed by atoms with van der Waals surface area (Å²) in [7, 11) is 0. The summed E-state index contributed by atoms with van der Waals surface area (Å²) in [6.45, 7) is 0. The van der Waals surface area contributed by atoms with Crippen LogP contribution in [-0.4, -0.2) is 16.9 Å². The molecule has 0 fully saturated rings. The van der Waals surface area contributed by atoms with Gasteiger partial charge in [-0.2, -0.15) is 13.2 Å². The minimum absolute atomic E-state index is 0.192. The summed E-state index contributed by atoms with van der Waals surface area (Å²) in [6, 6.07) is 0.709. The number of alkyl halides is 3. The van der Waals surface area contributed by atoms with E-state index >= 15 is 0 Å². The van der Waals surface area contributed by atoms with E-state index in [2.05, 4.69) is 0 Å². The molecule has 9 heteroatoms. The SMILES string of the molecule is O=C(c1cc([N+](=O)[O-])cc(Cl)c1F)C(F)(F)F. The number of nitro benzene ring substituents is 1. The molecule has 92 valence electrons. The van der Waals surface area contributed by atoms with Crippen LogP contribution in [0.4, 0.5) is 23.2 Å². The average molecular weight is 272 g/mol. The molecule has 0 saturated heterocycles. The Morgan fingerprint density at radius 1 is 1.35 bits per heavy atom. The fourth-order valence-electron chi connectivity index (χ4n) is 0.998. The normalized spacial score (nSPS) is 11.4. The third kappa shape index (κ3) is 2.70. The van der Waals surface area contributed by atoms with Crippen molar-refractivity contribution in [1.29, 1.82) is 0 Å². The number of ketones is 1. The molecule has 0 radical (unpaired) electrons. The largest absolute Gasteiger partial charge is 0.454 e. The quantitative estimate of drug-likeness (QED) is 0.359. The second kappa shape index (κ2) is 4.28. The van der Waals surface area contributed by atoms with E-state index in [0.717, 1.165) is 0 Å². The maximum Gasteiger partial charge on any atom is 0.454 e. The van der Waals surface area contributed by atoms with E-state index in [1.807, 2.05) is 0 Å². The fraction of sp³-hybridized carbons (Fsp3) is 0.125. The summed E-state index contributed by atoms with van der Waals surface area (Å²) in [5.74, 6) is -4.17. The second-order valence-corrected chi connectivity index (χ2v) is 3.28. The standard InChI is InChI=1S/C8H2ClF4NO3/c9-5-2-3(14(16)17)1-4(6(5)10)7(15)8(11,12)13/h1-2H. The Bertz CT molecular complexity index is 500. The number of nitro groups is 1. The average Bonchev–Trinajstić information content (AvgIpc) is 2.19. The lowest BCUT2D eigenvalue weighted by Crippen LogP contribution is -2.24. The number of Topliss-reactive ketones (excluding diaryl/α,β-unsaturated/α-hetero) is 1. The summed E-state index contributed by atoms with van der Waals surface area (Å²) in [5.41, 5.74) is -2.37. The zero-order valence-corrected chi connectivity index (χ0v) is 8.47. The van der Waals surface area contributed by atoms with E-state index in [-0.39, 0.29) is 6.07 Å². The van der Waals surface area contributed by atoms with Crippen molar-refractivity contribution in [3.63, 3.8) is 0 Å². The fourth-order valence-corrected chi connectivity index (χ4v) is 1.21. The molecule has 17 heavy (non-hydrogen) atoms. The molecule has 1 aromatic rings. The number of carbonyl (C=O) groups is 1. The Balaban J connectivity index is 3.43. The van der Waals surface area contributed by atoms with Crippen LogP contribution in [0.2, 0.25) is 5.02 Å². The molecule has 0 aliphatic carbocycles. The number of nitrogens with zero attached hydrogens (tertiary/aromatic N) is 1. The molecule has 0 aliphatic heterocycles. The van der Waals surface area contributed by atoms with Gasteiger partial charge < -0.3 is 0 Å². The van der Waals surface area contributed by atoms with E-state index in [0.29, 0.717) is 6.07 Å². The predicted octanol–water partition coefficient (Wildman–Crippen LogP) is 3.13. The van der Waals surface area contributed by atoms with Gasteiger partial charge in [-0.15, -0.1) is 0 Å². The molecule has 0 heterocycles. The highest BCUT2D eigenvalue weighted by atomic mass is 35.5. The highest BCUT2D eigenvalue weighted by Gasteiger charge is 2.41. The van der Waals surface area contributed by atoms with E-state index in [4.69, 9.17) is 11.6 Å². The van der Waals surface area contributed by atoms with Crippen molar-refractivity contribution in [2.75, 3.05) is 0 Å². The minimum Gasteiger partial charge on any atom is -0.284 e. The first-order valence-electron chi connectivity index (χ1n) is 3.89. The Morgan fingerprint density at radius 2 is 1.88 bits per heavy atom. The van der Waals surface area contributed by atoms with E-state index in [1.165, 1.54) is 0 Å². The van der Waals surface area contributed by atoms with Gasteiger partial charge in [0.15, 0.2) is 5.82 Å². The molecule has 0 aromatic heterocycles. The lowest BCUT2D eigenvalue weighted by atomic mass is 10.1. The van der Waals surface area contributed by atoms with Gasteiger partial charge in [0.05, 0.1) is 15.5 Å². The topological polar surface area (TPSA) is 60.2 Å². The Hall–Kier alpha value is -1.70. The van der Waals surface area contributed by atoms with Gasteiger partial charge in [0.1, 0.15) is 0 Å². The van der Waals surface area contributed by atoms with E-state index in [1.54, 1.807) is 0 Å². The number of halogens is 5.